The largest absolute Gasteiger partial charge is 0.478 e. The minimum absolute atomic E-state index is 0.0162. The van der Waals surface area contributed by atoms with Crippen LogP contribution in [-0.4, -0.2) is 63.1 Å². The number of phosphoric acid groups is 1. The van der Waals surface area contributed by atoms with Crippen molar-refractivity contribution in [1.82, 2.24) is 16.2 Å². The van der Waals surface area contributed by atoms with Crippen molar-refractivity contribution < 1.29 is 42.0 Å². The number of amides is 1. The van der Waals surface area contributed by atoms with Gasteiger partial charge < -0.3 is 14.8 Å². The van der Waals surface area contributed by atoms with Crippen molar-refractivity contribution in [3.8, 4) is 0 Å². The van der Waals surface area contributed by atoms with E-state index in [0.29, 0.717) is 0 Å². The van der Waals surface area contributed by atoms with Gasteiger partial charge in [-0.2, -0.15) is 0 Å². The third-order valence-corrected chi connectivity index (χ3v) is 9.04. The van der Waals surface area contributed by atoms with Crippen LogP contribution in [0.4, 0.5) is 0 Å². The monoisotopic (exact) mass is 561 g/mol. The van der Waals surface area contributed by atoms with Gasteiger partial charge >= 0.3 is 19.8 Å². The first kappa shape index (κ1) is 31.0. The average molecular weight is 562 g/mol. The van der Waals surface area contributed by atoms with Crippen LogP contribution in [0, 0.1) is 16.2 Å². The first-order valence-electron chi connectivity index (χ1n) is 13.3. The van der Waals surface area contributed by atoms with Crippen LogP contribution in [0.15, 0.2) is 0 Å². The second kappa shape index (κ2) is 12.3. The number of esters is 2. The lowest BCUT2D eigenvalue weighted by Crippen LogP contribution is -2.51. The van der Waals surface area contributed by atoms with E-state index in [2.05, 4.69) is 41.7 Å². The number of phosphoric ester groups is 1. The van der Waals surface area contributed by atoms with E-state index in [-0.39, 0.29) is 36.4 Å². The minimum Gasteiger partial charge on any atom is -0.469 e. The number of rotatable bonds is 8. The van der Waals surface area contributed by atoms with Crippen molar-refractivity contribution in [2.75, 3.05) is 27.1 Å². The van der Waals surface area contributed by atoms with Gasteiger partial charge in [-0.3, -0.25) is 28.9 Å². The molecule has 3 aliphatic rings. The van der Waals surface area contributed by atoms with Crippen molar-refractivity contribution in [3.63, 3.8) is 0 Å². The lowest BCUT2D eigenvalue weighted by molar-refractivity contribution is -0.160. The number of carbonyl (C=O) groups excluding carboxylic acids is 3. The molecule has 0 bridgehead atoms. The van der Waals surface area contributed by atoms with Crippen LogP contribution < -0.4 is 16.2 Å². The number of hydrogen-bond donors (Lipinski definition) is 3. The topological polar surface area (TPSA) is 151 Å². The Morgan fingerprint density at radius 1 is 1.08 bits per heavy atom. The summed E-state index contributed by atoms with van der Waals surface area (Å²) in [6.45, 7) is 9.20. The predicted molar refractivity (Wildman–Crippen MR) is 137 cm³/mol. The number of nitrogens with one attached hydrogen (secondary N) is 3. The maximum Gasteiger partial charge on any atom is 0.478 e. The Balaban J connectivity index is 1.60. The molecule has 1 amide bonds. The third kappa shape index (κ3) is 7.14. The Kier molecular flexibility index (Phi) is 10.0. The summed E-state index contributed by atoms with van der Waals surface area (Å²) in [5.41, 5.74) is 5.29. The lowest BCUT2D eigenvalue weighted by Gasteiger charge is -2.43. The molecule has 13 heteroatoms. The summed E-state index contributed by atoms with van der Waals surface area (Å²) < 4.78 is 39.3. The van der Waals surface area contributed by atoms with Gasteiger partial charge in [-0.05, 0) is 18.3 Å². The maximum atomic E-state index is 13.2. The summed E-state index contributed by atoms with van der Waals surface area (Å²) in [6, 6.07) is -0.523. The predicted octanol–water partition coefficient (Wildman–Crippen LogP) is 2.96. The number of hydrogen-bond acceptors (Lipinski definition) is 11. The van der Waals surface area contributed by atoms with Crippen LogP contribution in [0.2, 0.25) is 0 Å². The van der Waals surface area contributed by atoms with Gasteiger partial charge in [-0.15, -0.1) is 0 Å². The zero-order valence-electron chi connectivity index (χ0n) is 23.4. The molecular weight excluding hydrogens is 517 g/mol. The van der Waals surface area contributed by atoms with E-state index in [9.17, 15) is 18.9 Å². The first-order chi connectivity index (χ1) is 17.7. The molecule has 1 spiro atoms. The molecule has 218 valence electrons. The highest BCUT2D eigenvalue weighted by Crippen LogP contribution is 2.57. The smallest absolute Gasteiger partial charge is 0.469 e. The molecule has 1 aliphatic carbocycles. The zero-order valence-corrected chi connectivity index (χ0v) is 24.3. The summed E-state index contributed by atoms with van der Waals surface area (Å²) in [4.78, 5) is 37.3. The van der Waals surface area contributed by atoms with Crippen molar-refractivity contribution >= 4 is 25.7 Å². The van der Waals surface area contributed by atoms with E-state index in [1.165, 1.54) is 7.11 Å². The lowest BCUT2D eigenvalue weighted by atomic mass is 9.63. The Morgan fingerprint density at radius 2 is 1.74 bits per heavy atom. The number of carbonyl (C=O) groups is 3. The highest BCUT2D eigenvalue weighted by atomic mass is 31.2. The normalized spacial score (nSPS) is 30.8. The van der Waals surface area contributed by atoms with Crippen molar-refractivity contribution in [3.05, 3.63) is 0 Å². The fraction of sp³-hybridized carbons (Fsp3) is 0.880. The molecule has 0 aromatic rings. The molecule has 38 heavy (non-hydrogen) atoms. The molecule has 2 heterocycles. The van der Waals surface area contributed by atoms with Crippen molar-refractivity contribution in [2.24, 2.45) is 16.2 Å². The Hall–Kier alpha value is -1.56. The molecule has 3 N–H and O–H groups in total. The standard InChI is InChI=1S/C25H44N3O9P/c1-23(2,3)22-25(12-9-7-8-10-13-25)18(27-28-22)21(31)34-16-36-38(32)35-15-24(4,5)19(37-38)20(30)26-14-11-17(29)33-6/h18-19,22,27-28H,7-16H2,1-6H3,(H,26,30)/t18?,19-,22?,38?/m0/s1. The summed E-state index contributed by atoms with van der Waals surface area (Å²) in [7, 11) is -2.94. The molecule has 0 radical (unpaired) electrons. The molecule has 3 unspecified atom stereocenters. The Labute approximate surface area is 225 Å². The molecule has 4 atom stereocenters. The van der Waals surface area contributed by atoms with Gasteiger partial charge in [0.2, 0.25) is 12.7 Å². The molecule has 2 aliphatic heterocycles. The molecule has 0 aromatic heterocycles. The quantitative estimate of drug-likeness (QED) is 0.228. The average Bonchev–Trinajstić information content (AvgIpc) is 3.05. The van der Waals surface area contributed by atoms with Crippen LogP contribution in [0.25, 0.3) is 0 Å². The van der Waals surface area contributed by atoms with Crippen LogP contribution >= 0.6 is 7.82 Å². The van der Waals surface area contributed by atoms with E-state index in [0.717, 1.165) is 38.5 Å². The second-order valence-corrected chi connectivity index (χ2v) is 13.8. The van der Waals surface area contributed by atoms with Gasteiger partial charge in [-0.25, -0.2) is 14.5 Å². The number of ether oxygens (including phenoxy) is 2. The van der Waals surface area contributed by atoms with E-state index in [1.54, 1.807) is 13.8 Å². The highest BCUT2D eigenvalue weighted by Gasteiger charge is 2.57. The van der Waals surface area contributed by atoms with Gasteiger partial charge in [0, 0.05) is 23.4 Å². The molecule has 0 aromatic carbocycles. The van der Waals surface area contributed by atoms with Gasteiger partial charge in [0.05, 0.1) is 20.1 Å². The second-order valence-electron chi connectivity index (χ2n) is 12.2. The third-order valence-electron chi connectivity index (χ3n) is 7.70. The summed E-state index contributed by atoms with van der Waals surface area (Å²) in [5, 5.41) is 2.58. The minimum atomic E-state index is -4.20. The molecule has 3 fully saturated rings. The van der Waals surface area contributed by atoms with E-state index >= 15 is 0 Å². The Bertz CT molecular complexity index is 912. The van der Waals surface area contributed by atoms with E-state index < -0.39 is 50.0 Å². The SMILES string of the molecule is COC(=O)CCNC(=O)[C@@H]1OP(=O)(OCOC(=O)C2NNC(C(C)(C)C)C23CCCCCC3)OCC1(C)C. The number of methoxy groups -OCH3 is 1. The zero-order chi connectivity index (χ0) is 28.2. The summed E-state index contributed by atoms with van der Waals surface area (Å²) >= 11 is 0. The van der Waals surface area contributed by atoms with Crippen molar-refractivity contribution in [2.45, 2.75) is 97.8 Å². The van der Waals surface area contributed by atoms with Crippen molar-refractivity contribution in [1.29, 1.82) is 0 Å². The van der Waals surface area contributed by atoms with Gasteiger partial charge in [0.25, 0.3) is 0 Å². The molecule has 2 saturated heterocycles. The van der Waals surface area contributed by atoms with Crippen LogP contribution in [0.3, 0.4) is 0 Å². The fourth-order valence-corrected chi connectivity index (χ4v) is 7.27. The molecular formula is C25H44N3O9P. The highest BCUT2D eigenvalue weighted by molar-refractivity contribution is 7.48. The summed E-state index contributed by atoms with van der Waals surface area (Å²) in [5.74, 6) is -1.54. The van der Waals surface area contributed by atoms with Gasteiger partial charge in [-0.1, -0.05) is 60.3 Å². The van der Waals surface area contributed by atoms with Gasteiger partial charge in [0.15, 0.2) is 6.10 Å². The van der Waals surface area contributed by atoms with E-state index in [4.69, 9.17) is 18.3 Å². The maximum absolute atomic E-state index is 13.2. The van der Waals surface area contributed by atoms with Crippen LogP contribution in [-0.2, 0) is 42.0 Å². The molecule has 12 nitrogen and oxygen atoms in total. The Morgan fingerprint density at radius 3 is 2.34 bits per heavy atom. The fourth-order valence-electron chi connectivity index (χ4n) is 5.77. The van der Waals surface area contributed by atoms with Gasteiger partial charge in [0.1, 0.15) is 6.04 Å². The summed E-state index contributed by atoms with van der Waals surface area (Å²) in [6.07, 6.45) is 4.93. The number of hydrazine groups is 1. The van der Waals surface area contributed by atoms with Crippen LogP contribution in [0.5, 0.6) is 0 Å². The molecule has 1 saturated carbocycles. The first-order valence-corrected chi connectivity index (χ1v) is 14.8. The molecule has 3 rings (SSSR count). The van der Waals surface area contributed by atoms with Crippen LogP contribution in [0.1, 0.15) is 79.6 Å². The van der Waals surface area contributed by atoms with E-state index in [1.807, 2.05) is 0 Å².